The van der Waals surface area contributed by atoms with Crippen LogP contribution < -0.4 is 9.64 Å². The minimum absolute atomic E-state index is 0.185. The van der Waals surface area contributed by atoms with Gasteiger partial charge in [-0.15, -0.1) is 11.3 Å². The molecule has 0 saturated carbocycles. The molecule has 6 nitrogen and oxygen atoms in total. The van der Waals surface area contributed by atoms with Crippen LogP contribution in [0.4, 0.5) is 5.95 Å². The Hall–Kier alpha value is -3.71. The Morgan fingerprint density at radius 2 is 1.64 bits per heavy atom. The number of thiophene rings is 1. The minimum Gasteiger partial charge on any atom is -0.457 e. The quantitative estimate of drug-likeness (QED) is 0.414. The number of rotatable bonds is 6. The Balaban J connectivity index is 1.21. The Morgan fingerprint density at radius 1 is 0.879 bits per heavy atom. The SMILES string of the molecule is O=C(Cc1cccs1)N1CCN(c2nccc(-c3ccc(Oc4ccccc4)cc3)n2)CC1. The summed E-state index contributed by atoms with van der Waals surface area (Å²) < 4.78 is 5.88. The smallest absolute Gasteiger partial charge is 0.227 e. The Morgan fingerprint density at radius 3 is 2.36 bits per heavy atom. The number of hydrogen-bond donors (Lipinski definition) is 0. The molecule has 1 aliphatic rings. The summed E-state index contributed by atoms with van der Waals surface area (Å²) in [6, 6.07) is 23.5. The highest BCUT2D eigenvalue weighted by Gasteiger charge is 2.23. The number of hydrogen-bond acceptors (Lipinski definition) is 6. The molecule has 0 unspecified atom stereocenters. The zero-order valence-corrected chi connectivity index (χ0v) is 18.9. The molecule has 1 saturated heterocycles. The van der Waals surface area contributed by atoms with Crippen molar-refractivity contribution in [3.05, 3.63) is 89.3 Å². The summed E-state index contributed by atoms with van der Waals surface area (Å²) >= 11 is 1.63. The van der Waals surface area contributed by atoms with E-state index < -0.39 is 0 Å². The van der Waals surface area contributed by atoms with E-state index in [1.165, 1.54) is 0 Å². The van der Waals surface area contributed by atoms with Crippen LogP contribution in [-0.2, 0) is 11.2 Å². The molecule has 33 heavy (non-hydrogen) atoms. The molecule has 0 aliphatic carbocycles. The molecule has 166 valence electrons. The molecular weight excluding hydrogens is 432 g/mol. The van der Waals surface area contributed by atoms with Gasteiger partial charge in [-0.3, -0.25) is 4.79 Å². The Kier molecular flexibility index (Phi) is 6.30. The number of benzene rings is 2. The van der Waals surface area contributed by atoms with Crippen molar-refractivity contribution in [1.29, 1.82) is 0 Å². The fourth-order valence-corrected chi connectivity index (χ4v) is 4.51. The molecule has 2 aromatic heterocycles. The first-order chi connectivity index (χ1) is 16.2. The topological polar surface area (TPSA) is 58.6 Å². The summed E-state index contributed by atoms with van der Waals surface area (Å²) in [6.07, 6.45) is 2.27. The van der Waals surface area contributed by atoms with Crippen LogP contribution in [0.3, 0.4) is 0 Å². The molecule has 1 amide bonds. The van der Waals surface area contributed by atoms with Gasteiger partial charge in [0.15, 0.2) is 0 Å². The number of carbonyl (C=O) groups excluding carboxylic acids is 1. The van der Waals surface area contributed by atoms with Gasteiger partial charge in [0.1, 0.15) is 11.5 Å². The lowest BCUT2D eigenvalue weighted by atomic mass is 10.1. The predicted molar refractivity (Wildman–Crippen MR) is 131 cm³/mol. The minimum atomic E-state index is 0.185. The third-order valence-corrected chi connectivity index (χ3v) is 6.47. The van der Waals surface area contributed by atoms with Crippen LogP contribution in [0, 0.1) is 0 Å². The normalized spacial score (nSPS) is 13.7. The lowest BCUT2D eigenvalue weighted by Crippen LogP contribution is -2.49. The van der Waals surface area contributed by atoms with Crippen LogP contribution in [-0.4, -0.2) is 47.0 Å². The Bertz CT molecular complexity index is 1190. The van der Waals surface area contributed by atoms with E-state index >= 15 is 0 Å². The molecule has 0 N–H and O–H groups in total. The van der Waals surface area contributed by atoms with E-state index in [1.807, 2.05) is 83.1 Å². The van der Waals surface area contributed by atoms with Crippen molar-refractivity contribution in [3.63, 3.8) is 0 Å². The van der Waals surface area contributed by atoms with E-state index in [-0.39, 0.29) is 5.91 Å². The molecule has 1 aliphatic heterocycles. The van der Waals surface area contributed by atoms with E-state index in [0.29, 0.717) is 25.5 Å². The molecule has 0 atom stereocenters. The number of amides is 1. The number of piperazine rings is 1. The van der Waals surface area contributed by atoms with E-state index in [9.17, 15) is 4.79 Å². The summed E-state index contributed by atoms with van der Waals surface area (Å²) in [5, 5.41) is 2.01. The second kappa shape index (κ2) is 9.83. The zero-order valence-electron chi connectivity index (χ0n) is 18.1. The van der Waals surface area contributed by atoms with Crippen LogP contribution in [0.25, 0.3) is 11.3 Å². The van der Waals surface area contributed by atoms with Crippen molar-refractivity contribution in [2.24, 2.45) is 0 Å². The molecule has 0 bridgehead atoms. The highest BCUT2D eigenvalue weighted by Crippen LogP contribution is 2.25. The number of carbonyl (C=O) groups is 1. The van der Waals surface area contributed by atoms with Gasteiger partial charge in [0.2, 0.25) is 11.9 Å². The lowest BCUT2D eigenvalue weighted by molar-refractivity contribution is -0.130. The van der Waals surface area contributed by atoms with Crippen molar-refractivity contribution < 1.29 is 9.53 Å². The lowest BCUT2D eigenvalue weighted by Gasteiger charge is -2.34. The standard InChI is InChI=1S/C26H24N4O2S/c31-25(19-23-7-4-18-33-23)29-14-16-30(17-15-29)26-27-13-12-24(28-26)20-8-10-22(11-9-20)32-21-5-2-1-3-6-21/h1-13,18H,14-17,19H2. The molecule has 7 heteroatoms. The number of nitrogens with zero attached hydrogens (tertiary/aromatic N) is 4. The molecule has 4 aromatic rings. The van der Waals surface area contributed by atoms with Gasteiger partial charge in [-0.1, -0.05) is 24.3 Å². The van der Waals surface area contributed by atoms with Crippen molar-refractivity contribution in [1.82, 2.24) is 14.9 Å². The molecule has 0 radical (unpaired) electrons. The van der Waals surface area contributed by atoms with Crippen LogP contribution in [0.15, 0.2) is 84.4 Å². The zero-order chi connectivity index (χ0) is 22.5. The maximum atomic E-state index is 12.6. The van der Waals surface area contributed by atoms with E-state index in [4.69, 9.17) is 9.72 Å². The first kappa shape index (κ1) is 21.2. The average molecular weight is 457 g/mol. The van der Waals surface area contributed by atoms with Crippen molar-refractivity contribution in [3.8, 4) is 22.8 Å². The summed E-state index contributed by atoms with van der Waals surface area (Å²) in [7, 11) is 0. The molecule has 5 rings (SSSR count). The summed E-state index contributed by atoms with van der Waals surface area (Å²) in [6.45, 7) is 2.82. The number of para-hydroxylation sites is 1. The molecule has 1 fully saturated rings. The number of anilines is 1. The van der Waals surface area contributed by atoms with Gasteiger partial charge in [0.25, 0.3) is 0 Å². The van der Waals surface area contributed by atoms with Crippen LogP contribution in [0.2, 0.25) is 0 Å². The fraction of sp³-hybridized carbons (Fsp3) is 0.192. The first-order valence-corrected chi connectivity index (χ1v) is 11.8. The molecular formula is C26H24N4O2S. The number of ether oxygens (including phenoxy) is 1. The van der Waals surface area contributed by atoms with E-state index in [2.05, 4.69) is 9.88 Å². The maximum absolute atomic E-state index is 12.6. The Labute approximate surface area is 197 Å². The third kappa shape index (κ3) is 5.21. The average Bonchev–Trinajstić information content (AvgIpc) is 3.38. The van der Waals surface area contributed by atoms with Crippen LogP contribution in [0.1, 0.15) is 4.88 Å². The van der Waals surface area contributed by atoms with Gasteiger partial charge in [-0.25, -0.2) is 9.97 Å². The van der Waals surface area contributed by atoms with Crippen molar-refractivity contribution in [2.45, 2.75) is 6.42 Å². The second-order valence-electron chi connectivity index (χ2n) is 7.81. The van der Waals surface area contributed by atoms with Gasteiger partial charge < -0.3 is 14.5 Å². The van der Waals surface area contributed by atoms with Crippen molar-refractivity contribution in [2.75, 3.05) is 31.1 Å². The fourth-order valence-electron chi connectivity index (χ4n) is 3.81. The predicted octanol–water partition coefficient (Wildman–Crippen LogP) is 4.89. The molecule has 2 aromatic carbocycles. The number of aromatic nitrogens is 2. The summed E-state index contributed by atoms with van der Waals surface area (Å²) in [4.78, 5) is 27.0. The second-order valence-corrected chi connectivity index (χ2v) is 8.84. The molecule has 3 heterocycles. The third-order valence-electron chi connectivity index (χ3n) is 5.59. The largest absolute Gasteiger partial charge is 0.457 e. The summed E-state index contributed by atoms with van der Waals surface area (Å²) in [5.41, 5.74) is 1.87. The van der Waals surface area contributed by atoms with Gasteiger partial charge >= 0.3 is 0 Å². The highest BCUT2D eigenvalue weighted by molar-refractivity contribution is 7.10. The van der Waals surface area contributed by atoms with Gasteiger partial charge in [0, 0.05) is 42.8 Å². The van der Waals surface area contributed by atoms with E-state index in [1.54, 1.807) is 17.5 Å². The summed E-state index contributed by atoms with van der Waals surface area (Å²) in [5.74, 6) is 2.47. The van der Waals surface area contributed by atoms with Gasteiger partial charge in [-0.05, 0) is 53.9 Å². The highest BCUT2D eigenvalue weighted by atomic mass is 32.1. The maximum Gasteiger partial charge on any atom is 0.227 e. The van der Waals surface area contributed by atoms with Crippen LogP contribution in [0.5, 0.6) is 11.5 Å². The van der Waals surface area contributed by atoms with Gasteiger partial charge in [0.05, 0.1) is 12.1 Å². The van der Waals surface area contributed by atoms with Crippen molar-refractivity contribution >= 4 is 23.2 Å². The van der Waals surface area contributed by atoms with E-state index in [0.717, 1.165) is 40.7 Å². The first-order valence-electron chi connectivity index (χ1n) is 11.0. The van der Waals surface area contributed by atoms with Crippen LogP contribution >= 0.6 is 11.3 Å². The monoisotopic (exact) mass is 456 g/mol. The molecule has 0 spiro atoms. The van der Waals surface area contributed by atoms with Gasteiger partial charge in [-0.2, -0.15) is 0 Å².